The highest BCUT2D eigenvalue weighted by Crippen LogP contribution is 2.27. The minimum Gasteiger partial charge on any atom is -0.506 e. The van der Waals surface area contributed by atoms with Crippen LogP contribution in [0.25, 0.3) is 0 Å². The monoisotopic (exact) mass is 401 g/mol. The maximum atomic E-state index is 12.0. The summed E-state index contributed by atoms with van der Waals surface area (Å²) in [7, 11) is -3.42. The third-order valence-corrected chi connectivity index (χ3v) is 5.68. The molecular formula is C14H16BrN3O4S. The lowest BCUT2D eigenvalue weighted by atomic mass is 10.3. The highest BCUT2D eigenvalue weighted by atomic mass is 79.9. The zero-order valence-electron chi connectivity index (χ0n) is 12.6. The number of sulfone groups is 1. The van der Waals surface area contributed by atoms with E-state index >= 15 is 0 Å². The number of carbonyl (C=O) groups excluding carboxylic acids is 1. The number of phenolic OH excluding ortho intramolecular Hbond substituents is 1. The average Bonchev–Trinajstić information content (AvgIpc) is 2.79. The molecule has 1 aromatic carbocycles. The number of aromatic nitrogens is 2. The summed E-state index contributed by atoms with van der Waals surface area (Å²) in [6, 6.07) is 3.79. The molecule has 124 valence electrons. The minimum atomic E-state index is -3.42. The predicted octanol–water partition coefficient (Wildman–Crippen LogP) is 2.09. The third kappa shape index (κ3) is 4.11. The van der Waals surface area contributed by atoms with Crippen molar-refractivity contribution >= 4 is 37.4 Å². The van der Waals surface area contributed by atoms with Crippen LogP contribution >= 0.6 is 15.9 Å². The van der Waals surface area contributed by atoms with E-state index in [-0.39, 0.29) is 28.6 Å². The van der Waals surface area contributed by atoms with Crippen LogP contribution in [0.1, 0.15) is 12.6 Å². The van der Waals surface area contributed by atoms with Crippen molar-refractivity contribution < 1.29 is 18.3 Å². The van der Waals surface area contributed by atoms with E-state index < -0.39 is 15.7 Å². The Bertz CT molecular complexity index is 826. The Hall–Kier alpha value is -1.87. The quantitative estimate of drug-likeness (QED) is 0.746. The molecule has 0 saturated heterocycles. The van der Waals surface area contributed by atoms with Crippen molar-refractivity contribution in [2.45, 2.75) is 25.3 Å². The van der Waals surface area contributed by atoms with Crippen molar-refractivity contribution in [1.29, 1.82) is 0 Å². The van der Waals surface area contributed by atoms with Crippen LogP contribution in [0.5, 0.6) is 5.75 Å². The molecule has 2 rings (SSSR count). The molecule has 7 nitrogen and oxygen atoms in total. The number of anilines is 1. The molecule has 0 atom stereocenters. The van der Waals surface area contributed by atoms with Gasteiger partial charge < -0.3 is 10.4 Å². The Labute approximate surface area is 142 Å². The molecule has 0 aliphatic rings. The first-order valence-corrected chi connectivity index (χ1v) is 9.22. The second kappa shape index (κ2) is 6.71. The van der Waals surface area contributed by atoms with E-state index in [1.807, 2.05) is 0 Å². The van der Waals surface area contributed by atoms with Crippen molar-refractivity contribution in [3.05, 3.63) is 34.6 Å². The molecule has 0 unspecified atom stereocenters. The van der Waals surface area contributed by atoms with Gasteiger partial charge in [0.2, 0.25) is 5.91 Å². The van der Waals surface area contributed by atoms with Crippen molar-refractivity contribution in [3.63, 3.8) is 0 Å². The van der Waals surface area contributed by atoms with Crippen molar-refractivity contribution in [2.75, 3.05) is 11.1 Å². The van der Waals surface area contributed by atoms with Crippen LogP contribution in [-0.4, -0.2) is 35.0 Å². The number of benzene rings is 1. The summed E-state index contributed by atoms with van der Waals surface area (Å²) < 4.78 is 26.0. The normalized spacial score (nSPS) is 11.4. The summed E-state index contributed by atoms with van der Waals surface area (Å²) in [5, 5.41) is 16.4. The molecular weight excluding hydrogens is 386 g/mol. The van der Waals surface area contributed by atoms with Gasteiger partial charge in [-0.15, -0.1) is 0 Å². The van der Waals surface area contributed by atoms with Crippen molar-refractivity contribution in [3.8, 4) is 5.75 Å². The SMILES string of the molecule is CCS(=O)(=O)c1ccc(O)c(NC(=O)Cn2cc(Br)c(C)n2)c1. The van der Waals surface area contributed by atoms with Gasteiger partial charge in [-0.1, -0.05) is 6.92 Å². The third-order valence-electron chi connectivity index (χ3n) is 3.17. The lowest BCUT2D eigenvalue weighted by Crippen LogP contribution is -2.19. The summed E-state index contributed by atoms with van der Waals surface area (Å²) in [5.41, 5.74) is 0.796. The van der Waals surface area contributed by atoms with Gasteiger partial charge >= 0.3 is 0 Å². The van der Waals surface area contributed by atoms with Gasteiger partial charge in [-0.05, 0) is 41.1 Å². The Morgan fingerprint density at radius 3 is 2.70 bits per heavy atom. The molecule has 23 heavy (non-hydrogen) atoms. The first-order chi connectivity index (χ1) is 10.7. The van der Waals surface area contributed by atoms with Gasteiger partial charge in [-0.2, -0.15) is 5.10 Å². The summed E-state index contributed by atoms with van der Waals surface area (Å²) in [6.45, 7) is 3.26. The van der Waals surface area contributed by atoms with E-state index in [2.05, 4.69) is 26.3 Å². The Kier molecular flexibility index (Phi) is 5.10. The van der Waals surface area contributed by atoms with Crippen LogP contribution in [0.3, 0.4) is 0 Å². The zero-order valence-corrected chi connectivity index (χ0v) is 15.0. The van der Waals surface area contributed by atoms with E-state index in [4.69, 9.17) is 0 Å². The summed E-state index contributed by atoms with van der Waals surface area (Å²) in [5.74, 6) is -0.696. The molecule has 1 amide bonds. The van der Waals surface area contributed by atoms with Crippen LogP contribution < -0.4 is 5.32 Å². The first kappa shape index (κ1) is 17.5. The number of nitrogens with zero attached hydrogens (tertiary/aromatic N) is 2. The highest BCUT2D eigenvalue weighted by molar-refractivity contribution is 9.10. The number of aryl methyl sites for hydroxylation is 1. The summed E-state index contributed by atoms with van der Waals surface area (Å²) >= 11 is 3.30. The molecule has 0 saturated carbocycles. The molecule has 1 aromatic heterocycles. The van der Waals surface area contributed by atoms with Gasteiger partial charge in [-0.3, -0.25) is 9.48 Å². The molecule has 0 bridgehead atoms. The maximum Gasteiger partial charge on any atom is 0.246 e. The van der Waals surface area contributed by atoms with Gasteiger partial charge in [0.25, 0.3) is 0 Å². The summed E-state index contributed by atoms with van der Waals surface area (Å²) in [4.78, 5) is 12.1. The maximum absolute atomic E-state index is 12.0. The molecule has 0 radical (unpaired) electrons. The molecule has 0 aliphatic heterocycles. The fourth-order valence-electron chi connectivity index (χ4n) is 1.89. The van der Waals surface area contributed by atoms with Gasteiger partial charge in [-0.25, -0.2) is 8.42 Å². The van der Waals surface area contributed by atoms with Crippen molar-refractivity contribution in [2.24, 2.45) is 0 Å². The second-order valence-electron chi connectivity index (χ2n) is 4.89. The standard InChI is InChI=1S/C14H16BrN3O4S/c1-3-23(21,22)10-4-5-13(19)12(6-10)16-14(20)8-18-7-11(15)9(2)17-18/h4-7,19H,3,8H2,1-2H3,(H,16,20). The number of hydrogen-bond donors (Lipinski definition) is 2. The zero-order chi connectivity index (χ0) is 17.2. The van der Waals surface area contributed by atoms with Gasteiger partial charge in [0, 0.05) is 6.20 Å². The molecule has 0 aliphatic carbocycles. The Morgan fingerprint density at radius 2 is 2.13 bits per heavy atom. The Morgan fingerprint density at radius 1 is 1.43 bits per heavy atom. The minimum absolute atomic E-state index is 0.0470. The number of hydrogen-bond acceptors (Lipinski definition) is 5. The molecule has 9 heteroatoms. The Balaban J connectivity index is 2.19. The molecule has 0 fully saturated rings. The predicted molar refractivity (Wildman–Crippen MR) is 89.1 cm³/mol. The molecule has 2 aromatic rings. The van der Waals surface area contributed by atoms with Crippen LogP contribution in [0, 0.1) is 6.92 Å². The average molecular weight is 402 g/mol. The lowest BCUT2D eigenvalue weighted by Gasteiger charge is -2.09. The van der Waals surface area contributed by atoms with Crippen LogP contribution in [-0.2, 0) is 21.2 Å². The number of amides is 1. The lowest BCUT2D eigenvalue weighted by molar-refractivity contribution is -0.116. The van der Waals surface area contributed by atoms with Gasteiger partial charge in [0.15, 0.2) is 9.84 Å². The fourth-order valence-corrected chi connectivity index (χ4v) is 3.11. The number of nitrogens with one attached hydrogen (secondary N) is 1. The van der Waals surface area contributed by atoms with E-state index in [9.17, 15) is 18.3 Å². The van der Waals surface area contributed by atoms with Crippen molar-refractivity contribution in [1.82, 2.24) is 9.78 Å². The van der Waals surface area contributed by atoms with Gasteiger partial charge in [0.1, 0.15) is 12.3 Å². The number of halogens is 1. The van der Waals surface area contributed by atoms with E-state index in [1.54, 1.807) is 13.1 Å². The number of rotatable bonds is 5. The largest absolute Gasteiger partial charge is 0.506 e. The number of aromatic hydroxyl groups is 1. The summed E-state index contributed by atoms with van der Waals surface area (Å²) in [6.07, 6.45) is 1.66. The molecule has 0 spiro atoms. The molecule has 1 heterocycles. The number of phenols is 1. The molecule has 2 N–H and O–H groups in total. The van der Waals surface area contributed by atoms with Gasteiger partial charge in [0.05, 0.1) is 26.5 Å². The van der Waals surface area contributed by atoms with E-state index in [0.717, 1.165) is 10.2 Å². The van der Waals surface area contributed by atoms with E-state index in [0.29, 0.717) is 0 Å². The highest BCUT2D eigenvalue weighted by Gasteiger charge is 2.15. The van der Waals surface area contributed by atoms with Crippen LogP contribution in [0.15, 0.2) is 33.8 Å². The van der Waals surface area contributed by atoms with Crippen LogP contribution in [0.4, 0.5) is 5.69 Å². The second-order valence-corrected chi connectivity index (χ2v) is 8.02. The number of carbonyl (C=O) groups is 1. The fraction of sp³-hybridized carbons (Fsp3) is 0.286. The first-order valence-electron chi connectivity index (χ1n) is 6.78. The van der Waals surface area contributed by atoms with Crippen LogP contribution in [0.2, 0.25) is 0 Å². The topological polar surface area (TPSA) is 101 Å². The van der Waals surface area contributed by atoms with E-state index in [1.165, 1.54) is 29.8 Å². The smallest absolute Gasteiger partial charge is 0.246 e.